The quantitative estimate of drug-likeness (QED) is 0.606. The third-order valence-corrected chi connectivity index (χ3v) is 7.31. The molecule has 1 fully saturated rings. The second-order valence-electron chi connectivity index (χ2n) is 8.55. The van der Waals surface area contributed by atoms with Gasteiger partial charge >= 0.3 is 0 Å². The summed E-state index contributed by atoms with van der Waals surface area (Å²) in [5.74, 6) is -0.225. The number of rotatable bonds is 4. The van der Waals surface area contributed by atoms with Gasteiger partial charge in [-0.15, -0.1) is 11.3 Å². The molecular weight excluding hydrogens is 418 g/mol. The molecule has 1 unspecified atom stereocenters. The Labute approximate surface area is 192 Å². The Bertz CT molecular complexity index is 1220. The predicted octanol–water partition coefficient (Wildman–Crippen LogP) is 4.80. The molecule has 4 rings (SSSR count). The van der Waals surface area contributed by atoms with E-state index in [2.05, 4.69) is 42.4 Å². The minimum atomic E-state index is -0.879. The number of guanidine groups is 1. The summed E-state index contributed by atoms with van der Waals surface area (Å²) < 4.78 is 0. The average Bonchev–Trinajstić information content (AvgIpc) is 3.29. The summed E-state index contributed by atoms with van der Waals surface area (Å²) in [4.78, 5) is 20.3. The van der Waals surface area contributed by atoms with E-state index in [1.807, 2.05) is 37.3 Å². The van der Waals surface area contributed by atoms with Gasteiger partial charge in [-0.2, -0.15) is 5.26 Å². The maximum atomic E-state index is 13.4. The number of likely N-dealkylation sites (N-methyl/N-ethyl adjacent to an activating group) is 1. The summed E-state index contributed by atoms with van der Waals surface area (Å²) in [6.45, 7) is 6.21. The van der Waals surface area contributed by atoms with Crippen LogP contribution in [0.4, 0.5) is 0 Å². The summed E-state index contributed by atoms with van der Waals surface area (Å²) in [6.07, 6.45) is 1.77. The van der Waals surface area contributed by atoms with Gasteiger partial charge in [-0.3, -0.25) is 15.1 Å². The van der Waals surface area contributed by atoms with E-state index in [4.69, 9.17) is 5.41 Å². The lowest BCUT2D eigenvalue weighted by atomic mass is 9.78. The van der Waals surface area contributed by atoms with E-state index in [1.165, 1.54) is 21.8 Å². The molecule has 6 nitrogen and oxygen atoms in total. The van der Waals surface area contributed by atoms with Crippen LogP contribution in [0.25, 0.3) is 10.4 Å². The predicted molar refractivity (Wildman–Crippen MR) is 127 cm³/mol. The number of carbonyl (C=O) groups excluding carboxylic acids is 1. The molecule has 1 amide bonds. The molecule has 2 N–H and O–H groups in total. The van der Waals surface area contributed by atoms with Crippen LogP contribution in [0, 0.1) is 16.7 Å². The highest BCUT2D eigenvalue weighted by atomic mass is 32.1. The molecular formula is C25H25N5OS. The summed E-state index contributed by atoms with van der Waals surface area (Å²) in [5, 5.41) is 21.5. The first-order valence-corrected chi connectivity index (χ1v) is 11.3. The molecule has 1 saturated heterocycles. The SMILES string of the molecule is CC(C)c1ccc(C2C(=O)N(C)C(=N)N[C@]2(C)c2ncc(-c3cccc(C#N)c3)s2)cc1. The number of thiazole rings is 1. The number of benzene rings is 2. The van der Waals surface area contributed by atoms with Crippen LogP contribution < -0.4 is 5.32 Å². The van der Waals surface area contributed by atoms with Crippen LogP contribution in [0.3, 0.4) is 0 Å². The van der Waals surface area contributed by atoms with Crippen molar-refractivity contribution in [1.29, 1.82) is 10.7 Å². The molecule has 0 bridgehead atoms. The Balaban J connectivity index is 1.79. The molecule has 2 heterocycles. The zero-order valence-electron chi connectivity index (χ0n) is 18.5. The number of hydrogen-bond acceptors (Lipinski definition) is 5. The van der Waals surface area contributed by atoms with Crippen LogP contribution in [-0.4, -0.2) is 28.8 Å². The number of nitrogens with zero attached hydrogens (tertiary/aromatic N) is 3. The topological polar surface area (TPSA) is 92.9 Å². The monoisotopic (exact) mass is 443 g/mol. The van der Waals surface area contributed by atoms with Crippen LogP contribution in [0.2, 0.25) is 0 Å². The van der Waals surface area contributed by atoms with E-state index in [0.717, 1.165) is 21.0 Å². The molecule has 1 aliphatic rings. The molecule has 2 atom stereocenters. The Morgan fingerprint density at radius 3 is 2.62 bits per heavy atom. The van der Waals surface area contributed by atoms with E-state index in [9.17, 15) is 10.1 Å². The second kappa shape index (κ2) is 8.21. The van der Waals surface area contributed by atoms with Crippen LogP contribution in [0.15, 0.2) is 54.7 Å². The van der Waals surface area contributed by atoms with E-state index in [0.29, 0.717) is 11.5 Å². The molecule has 3 aromatic rings. The van der Waals surface area contributed by atoms with Crippen LogP contribution in [-0.2, 0) is 10.3 Å². The number of amides is 1. The first-order chi connectivity index (χ1) is 15.2. The average molecular weight is 444 g/mol. The number of hydrogen-bond donors (Lipinski definition) is 2. The normalized spacial score (nSPS) is 20.9. The summed E-state index contributed by atoms with van der Waals surface area (Å²) >= 11 is 1.47. The highest BCUT2D eigenvalue weighted by Crippen LogP contribution is 2.43. The van der Waals surface area contributed by atoms with Gasteiger partial charge in [0.1, 0.15) is 10.5 Å². The lowest BCUT2D eigenvalue weighted by Crippen LogP contribution is -2.62. The van der Waals surface area contributed by atoms with E-state index >= 15 is 0 Å². The molecule has 1 aromatic heterocycles. The number of aromatic nitrogens is 1. The smallest absolute Gasteiger partial charge is 0.239 e. The molecule has 2 aromatic carbocycles. The van der Waals surface area contributed by atoms with Gasteiger partial charge < -0.3 is 5.32 Å². The minimum absolute atomic E-state index is 0.0516. The third kappa shape index (κ3) is 3.67. The summed E-state index contributed by atoms with van der Waals surface area (Å²) in [6, 6.07) is 17.7. The summed E-state index contributed by atoms with van der Waals surface area (Å²) in [7, 11) is 1.62. The first-order valence-electron chi connectivity index (χ1n) is 10.5. The number of nitriles is 1. The van der Waals surface area contributed by atoms with Crippen LogP contribution in [0.5, 0.6) is 0 Å². The van der Waals surface area contributed by atoms with Crippen molar-refractivity contribution in [3.63, 3.8) is 0 Å². The molecule has 0 aliphatic carbocycles. The maximum Gasteiger partial charge on any atom is 0.239 e. The summed E-state index contributed by atoms with van der Waals surface area (Å²) in [5.41, 5.74) is 2.71. The zero-order valence-corrected chi connectivity index (χ0v) is 19.3. The fourth-order valence-corrected chi connectivity index (χ4v) is 5.11. The van der Waals surface area contributed by atoms with Crippen molar-refractivity contribution in [2.45, 2.75) is 38.1 Å². The fraction of sp³-hybridized carbons (Fsp3) is 0.280. The largest absolute Gasteiger partial charge is 0.343 e. The van der Waals surface area contributed by atoms with Crippen molar-refractivity contribution in [3.8, 4) is 16.5 Å². The van der Waals surface area contributed by atoms with Gasteiger partial charge in [-0.05, 0) is 41.7 Å². The van der Waals surface area contributed by atoms with Gasteiger partial charge in [-0.25, -0.2) is 4.98 Å². The molecule has 1 aliphatic heterocycles. The van der Waals surface area contributed by atoms with Crippen molar-refractivity contribution in [3.05, 3.63) is 76.4 Å². The standard InChI is InChI=1S/C25H25N5OS/c1-15(2)17-8-10-18(11-9-17)21-22(31)30(4)24(27)29-25(21,3)23-28-14-20(32-23)19-7-5-6-16(12-19)13-26/h5-12,14-15,21H,1-4H3,(H2,27,29)/t21?,25-/m0/s1. The lowest BCUT2D eigenvalue weighted by Gasteiger charge is -2.44. The molecule has 162 valence electrons. The maximum absolute atomic E-state index is 13.4. The van der Waals surface area contributed by atoms with Gasteiger partial charge in [0.25, 0.3) is 0 Å². The van der Waals surface area contributed by atoms with Crippen molar-refractivity contribution >= 4 is 23.2 Å². The van der Waals surface area contributed by atoms with Crippen molar-refractivity contribution < 1.29 is 4.79 Å². The van der Waals surface area contributed by atoms with Gasteiger partial charge in [0.15, 0.2) is 5.96 Å². The van der Waals surface area contributed by atoms with E-state index in [1.54, 1.807) is 19.3 Å². The molecule has 32 heavy (non-hydrogen) atoms. The third-order valence-electron chi connectivity index (χ3n) is 6.03. The highest BCUT2D eigenvalue weighted by Gasteiger charge is 2.50. The Kier molecular flexibility index (Phi) is 5.57. The van der Waals surface area contributed by atoms with Crippen LogP contribution >= 0.6 is 11.3 Å². The van der Waals surface area contributed by atoms with E-state index in [-0.39, 0.29) is 11.9 Å². The molecule has 0 spiro atoms. The fourth-order valence-electron chi connectivity index (χ4n) is 4.07. The zero-order chi connectivity index (χ0) is 23.0. The Morgan fingerprint density at radius 1 is 1.25 bits per heavy atom. The highest BCUT2D eigenvalue weighted by molar-refractivity contribution is 7.15. The Morgan fingerprint density at radius 2 is 1.97 bits per heavy atom. The lowest BCUT2D eigenvalue weighted by molar-refractivity contribution is -0.131. The van der Waals surface area contributed by atoms with Gasteiger partial charge in [-0.1, -0.05) is 50.2 Å². The van der Waals surface area contributed by atoms with Crippen molar-refractivity contribution in [2.24, 2.45) is 0 Å². The number of nitrogens with one attached hydrogen (secondary N) is 2. The van der Waals surface area contributed by atoms with Crippen molar-refractivity contribution in [2.75, 3.05) is 7.05 Å². The molecule has 0 saturated carbocycles. The van der Waals surface area contributed by atoms with Crippen LogP contribution in [0.1, 0.15) is 54.3 Å². The molecule has 0 radical (unpaired) electrons. The Hall–Kier alpha value is -3.50. The molecule has 7 heteroatoms. The van der Waals surface area contributed by atoms with Crippen molar-refractivity contribution in [1.82, 2.24) is 15.2 Å². The van der Waals surface area contributed by atoms with Gasteiger partial charge in [0, 0.05) is 13.2 Å². The first kappa shape index (κ1) is 21.7. The van der Waals surface area contributed by atoms with Gasteiger partial charge in [0.05, 0.1) is 22.4 Å². The van der Waals surface area contributed by atoms with Gasteiger partial charge in [0.2, 0.25) is 5.91 Å². The second-order valence-corrected chi connectivity index (χ2v) is 9.58. The number of carbonyl (C=O) groups is 1. The minimum Gasteiger partial charge on any atom is -0.343 e. The van der Waals surface area contributed by atoms with E-state index < -0.39 is 11.5 Å².